The number of likely N-dealkylation sites (tertiary alicyclic amines) is 1. The molecule has 3 aromatic rings. The minimum absolute atomic E-state index is 0.134. The molecule has 5 rings (SSSR count). The summed E-state index contributed by atoms with van der Waals surface area (Å²) in [5.74, 6) is 1.90. The molecule has 37 heavy (non-hydrogen) atoms. The number of thiophene rings is 1. The first-order valence-electron chi connectivity index (χ1n) is 13.2. The van der Waals surface area contributed by atoms with E-state index in [2.05, 4.69) is 26.7 Å². The third-order valence-electron chi connectivity index (χ3n) is 7.55. The van der Waals surface area contributed by atoms with Crippen LogP contribution in [0, 0.1) is 12.8 Å². The van der Waals surface area contributed by atoms with Crippen LogP contribution in [0.25, 0.3) is 21.6 Å². The fourth-order valence-electron chi connectivity index (χ4n) is 5.28. The molecule has 4 N–H and O–H groups in total. The number of ether oxygens (including phenoxy) is 1. The number of fused-ring (bicyclic) bond motifs is 1. The highest BCUT2D eigenvalue weighted by Crippen LogP contribution is 2.38. The number of aromatic nitrogens is 4. The molecule has 0 aliphatic carbocycles. The van der Waals surface area contributed by atoms with E-state index in [1.165, 1.54) is 10.4 Å². The maximum absolute atomic E-state index is 10.5. The number of aryl methyl sites for hydroxylation is 1. The van der Waals surface area contributed by atoms with Gasteiger partial charge in [0.15, 0.2) is 11.6 Å². The van der Waals surface area contributed by atoms with E-state index >= 15 is 0 Å². The number of aliphatic hydroxyl groups is 2. The fourth-order valence-corrected chi connectivity index (χ4v) is 6.59. The highest BCUT2D eigenvalue weighted by Gasteiger charge is 2.27. The number of rotatable bonds is 6. The van der Waals surface area contributed by atoms with E-state index in [1.54, 1.807) is 30.7 Å². The Morgan fingerprint density at radius 1 is 1.08 bits per heavy atom. The summed E-state index contributed by atoms with van der Waals surface area (Å²) in [6.07, 6.45) is 6.01. The number of anilines is 2. The minimum atomic E-state index is -0.694. The summed E-state index contributed by atoms with van der Waals surface area (Å²) in [4.78, 5) is 24.3. The number of nitrogen functional groups attached to an aromatic ring is 1. The van der Waals surface area contributed by atoms with Crippen molar-refractivity contribution < 1.29 is 14.9 Å². The van der Waals surface area contributed by atoms with Crippen molar-refractivity contribution in [2.24, 2.45) is 5.92 Å². The number of morpholine rings is 1. The van der Waals surface area contributed by atoms with E-state index in [9.17, 15) is 10.2 Å². The zero-order valence-electron chi connectivity index (χ0n) is 21.6. The quantitative estimate of drug-likeness (QED) is 0.439. The number of nitrogens with two attached hydrogens (primary N) is 1. The zero-order chi connectivity index (χ0) is 25.9. The topological polar surface area (TPSA) is 134 Å². The lowest BCUT2D eigenvalue weighted by Crippen LogP contribution is -2.36. The van der Waals surface area contributed by atoms with Gasteiger partial charge in [0.05, 0.1) is 41.2 Å². The van der Waals surface area contributed by atoms with Crippen LogP contribution in [0.3, 0.4) is 0 Å². The lowest BCUT2D eigenvalue weighted by Gasteiger charge is -2.31. The Hall–Kier alpha value is -2.44. The van der Waals surface area contributed by atoms with Crippen molar-refractivity contribution >= 4 is 33.3 Å². The molecule has 2 aliphatic rings. The summed E-state index contributed by atoms with van der Waals surface area (Å²) in [5.41, 5.74) is 8.59. The number of aliphatic hydroxyl groups excluding tert-OH is 2. The summed E-state index contributed by atoms with van der Waals surface area (Å²) in [6, 6.07) is 0. The van der Waals surface area contributed by atoms with E-state index < -0.39 is 12.2 Å². The Morgan fingerprint density at radius 2 is 1.84 bits per heavy atom. The van der Waals surface area contributed by atoms with Gasteiger partial charge >= 0.3 is 0 Å². The second-order valence-corrected chi connectivity index (χ2v) is 11.3. The average Bonchev–Trinajstić information content (AvgIpc) is 3.21. The Balaban J connectivity index is 1.46. The second kappa shape index (κ2) is 11.5. The first-order valence-corrected chi connectivity index (χ1v) is 14.0. The van der Waals surface area contributed by atoms with E-state index in [4.69, 9.17) is 20.4 Å². The van der Waals surface area contributed by atoms with Crippen molar-refractivity contribution in [3.63, 3.8) is 0 Å². The van der Waals surface area contributed by atoms with Gasteiger partial charge < -0.3 is 25.6 Å². The fraction of sp³-hybridized carbons (Fsp3) is 0.615. The molecule has 2 aliphatic heterocycles. The largest absolute Gasteiger partial charge is 0.391 e. The lowest BCUT2D eigenvalue weighted by atomic mass is 9.88. The van der Waals surface area contributed by atoms with Gasteiger partial charge in [0.1, 0.15) is 0 Å². The molecule has 3 unspecified atom stereocenters. The predicted molar refractivity (Wildman–Crippen MR) is 146 cm³/mol. The van der Waals surface area contributed by atoms with Crippen LogP contribution in [0.2, 0.25) is 0 Å². The van der Waals surface area contributed by atoms with E-state index in [1.807, 2.05) is 0 Å². The Labute approximate surface area is 221 Å². The number of hydrogen-bond donors (Lipinski definition) is 3. The van der Waals surface area contributed by atoms with Crippen LogP contribution in [0.15, 0.2) is 12.4 Å². The molecule has 11 heteroatoms. The van der Waals surface area contributed by atoms with Gasteiger partial charge in [-0.05, 0) is 57.7 Å². The van der Waals surface area contributed by atoms with Crippen LogP contribution in [-0.2, 0) is 11.3 Å². The highest BCUT2D eigenvalue weighted by molar-refractivity contribution is 7.19. The van der Waals surface area contributed by atoms with Crippen molar-refractivity contribution in [3.05, 3.63) is 22.8 Å². The second-order valence-electron chi connectivity index (χ2n) is 10.2. The van der Waals surface area contributed by atoms with Crippen LogP contribution in [0.5, 0.6) is 0 Å². The summed E-state index contributed by atoms with van der Waals surface area (Å²) in [5, 5.41) is 20.4. The molecule has 5 heterocycles. The number of nitrogens with zero attached hydrogens (tertiary/aromatic N) is 6. The lowest BCUT2D eigenvalue weighted by molar-refractivity contribution is -0.0178. The molecule has 10 nitrogen and oxygen atoms in total. The first kappa shape index (κ1) is 26.2. The standard InChI is InChI=1S/C26H37N7O3S/c1-16-20(15-32-7-4-3-5-18(6-8-32)22(35)17(2)34)37-23-21(16)30-24(19-13-28-26(27)29-14-19)31-25(23)33-9-11-36-12-10-33/h13-14,17-18,22,34-35H,3-12,15H2,1-2H3,(H2,27,28,29). The van der Waals surface area contributed by atoms with Gasteiger partial charge in [-0.15, -0.1) is 11.3 Å². The molecular formula is C26H37N7O3S. The van der Waals surface area contributed by atoms with Crippen molar-refractivity contribution in [3.8, 4) is 11.4 Å². The first-order chi connectivity index (χ1) is 17.9. The van der Waals surface area contributed by atoms with Gasteiger partial charge in [-0.2, -0.15) is 0 Å². The van der Waals surface area contributed by atoms with Crippen molar-refractivity contribution in [1.29, 1.82) is 0 Å². The third kappa shape index (κ3) is 5.85. The molecule has 0 saturated carbocycles. The van der Waals surface area contributed by atoms with Gasteiger partial charge in [0, 0.05) is 36.9 Å². The molecule has 0 bridgehead atoms. The van der Waals surface area contributed by atoms with E-state index in [0.29, 0.717) is 19.0 Å². The molecule has 0 spiro atoms. The Bertz CT molecular complexity index is 1200. The van der Waals surface area contributed by atoms with Gasteiger partial charge in [0.2, 0.25) is 5.95 Å². The maximum Gasteiger partial charge on any atom is 0.219 e. The minimum Gasteiger partial charge on any atom is -0.391 e. The summed E-state index contributed by atoms with van der Waals surface area (Å²) >= 11 is 1.78. The van der Waals surface area contributed by atoms with Gasteiger partial charge in [0.25, 0.3) is 0 Å². The summed E-state index contributed by atoms with van der Waals surface area (Å²) in [7, 11) is 0. The van der Waals surface area contributed by atoms with E-state index in [0.717, 1.165) is 80.0 Å². The zero-order valence-corrected chi connectivity index (χ0v) is 22.5. The summed E-state index contributed by atoms with van der Waals surface area (Å²) < 4.78 is 6.70. The van der Waals surface area contributed by atoms with Gasteiger partial charge in [-0.3, -0.25) is 4.90 Å². The number of hydrogen-bond acceptors (Lipinski definition) is 11. The van der Waals surface area contributed by atoms with Gasteiger partial charge in [-0.25, -0.2) is 19.9 Å². The molecule has 2 saturated heterocycles. The molecule has 3 aromatic heterocycles. The smallest absolute Gasteiger partial charge is 0.219 e. The van der Waals surface area contributed by atoms with Crippen molar-refractivity contribution in [2.75, 3.05) is 50.0 Å². The molecule has 2 fully saturated rings. The third-order valence-corrected chi connectivity index (χ3v) is 8.81. The summed E-state index contributed by atoms with van der Waals surface area (Å²) in [6.45, 7) is 9.53. The SMILES string of the molecule is Cc1c(CN2CCCCC(C(O)C(C)O)CC2)sc2c(N3CCOCC3)nc(-c3cnc(N)nc3)nc12. The molecule has 0 radical (unpaired) electrons. The van der Waals surface area contributed by atoms with E-state index in [-0.39, 0.29) is 11.9 Å². The molecule has 3 atom stereocenters. The molecular weight excluding hydrogens is 490 g/mol. The normalized spacial score (nSPS) is 21.5. The molecule has 0 aromatic carbocycles. The average molecular weight is 528 g/mol. The maximum atomic E-state index is 10.5. The van der Waals surface area contributed by atoms with Gasteiger partial charge in [-0.1, -0.05) is 6.42 Å². The Kier molecular flexibility index (Phi) is 8.15. The van der Waals surface area contributed by atoms with Crippen molar-refractivity contribution in [1.82, 2.24) is 24.8 Å². The van der Waals surface area contributed by atoms with Crippen molar-refractivity contribution in [2.45, 2.75) is 58.3 Å². The van der Waals surface area contributed by atoms with Crippen LogP contribution in [0.4, 0.5) is 11.8 Å². The highest BCUT2D eigenvalue weighted by atomic mass is 32.1. The monoisotopic (exact) mass is 527 g/mol. The molecule has 0 amide bonds. The van der Waals surface area contributed by atoms with Crippen LogP contribution < -0.4 is 10.6 Å². The van der Waals surface area contributed by atoms with Crippen LogP contribution >= 0.6 is 11.3 Å². The predicted octanol–water partition coefficient (Wildman–Crippen LogP) is 2.61. The molecule has 200 valence electrons. The Morgan fingerprint density at radius 3 is 2.57 bits per heavy atom. The van der Waals surface area contributed by atoms with Crippen LogP contribution in [0.1, 0.15) is 43.0 Å². The van der Waals surface area contributed by atoms with Crippen LogP contribution in [-0.4, -0.2) is 86.6 Å².